The largest absolute Gasteiger partial charge is 0.481 e. The average molecular weight is 755 g/mol. The molecule has 13 heteroatoms. The second-order valence-corrected chi connectivity index (χ2v) is 14.2. The first-order chi connectivity index (χ1) is 25.7. The molecule has 4 N–H and O–H groups in total. The molecule has 5 aromatic rings. The maximum absolute atomic E-state index is 13.6. The van der Waals surface area contributed by atoms with Crippen LogP contribution in [0.4, 0.5) is 0 Å². The molecular weight excluding hydrogens is 713 g/mol. The Kier molecular flexibility index (Phi) is 11.1. The first-order valence-corrected chi connectivity index (χ1v) is 18.7. The highest BCUT2D eigenvalue weighted by Gasteiger charge is 2.23. The van der Waals surface area contributed by atoms with Crippen LogP contribution >= 0.6 is 23.2 Å². The Bertz CT molecular complexity index is 2260. The summed E-state index contributed by atoms with van der Waals surface area (Å²) < 4.78 is 7.22. The molecule has 11 nitrogen and oxygen atoms in total. The Labute approximate surface area is 317 Å². The molecular formula is C40H41Cl2N7O4. The summed E-state index contributed by atoms with van der Waals surface area (Å²) >= 11 is 14.3. The summed E-state index contributed by atoms with van der Waals surface area (Å²) in [5.41, 5.74) is 7.12. The first kappa shape index (κ1) is 36.5. The molecule has 0 saturated carbocycles. The lowest BCUT2D eigenvalue weighted by atomic mass is 9.97. The van der Waals surface area contributed by atoms with Gasteiger partial charge in [-0.2, -0.15) is 0 Å². The fraction of sp³-hybridized carbons (Fsp3) is 0.325. The number of aryl methyl sites for hydroxylation is 1. The zero-order valence-electron chi connectivity index (χ0n) is 29.6. The van der Waals surface area contributed by atoms with Crippen LogP contribution in [0, 0.1) is 0 Å². The van der Waals surface area contributed by atoms with E-state index in [0.717, 1.165) is 51.9 Å². The molecule has 2 amide bonds. The Morgan fingerprint density at radius 2 is 1.43 bits per heavy atom. The monoisotopic (exact) mass is 753 g/mol. The summed E-state index contributed by atoms with van der Waals surface area (Å²) in [6.45, 7) is 4.15. The number of carbonyl (C=O) groups excluding carboxylic acids is 2. The molecule has 2 aromatic carbocycles. The van der Waals surface area contributed by atoms with Crippen molar-refractivity contribution in [2.45, 2.75) is 64.2 Å². The van der Waals surface area contributed by atoms with Gasteiger partial charge in [0.2, 0.25) is 17.7 Å². The standard InChI is InChI=1S/C40H41Cl2N7O4/c1-3-32-31(22-44-21-26-12-15-36(51)46-26)40(52)49-17-16-23(18-34(49)47-32)27-6-4-7-28(37(27)41)29-8-5-9-30(38(29)42)33-13-10-24(39(48-33)53-2)19-43-20-25-11-14-35(50)45-25/h4-10,13,16-18,25-26,43-44H,3,11-12,14-15,19-22H2,1-2H3,(H,45,50)(H,46,51)/t25-,26-/m0/s1. The molecule has 0 unspecified atom stereocenters. The predicted octanol–water partition coefficient (Wildman–Crippen LogP) is 5.70. The van der Waals surface area contributed by atoms with Gasteiger partial charge < -0.3 is 26.0 Å². The number of hydrogen-bond donors (Lipinski definition) is 4. The molecule has 0 aliphatic carbocycles. The van der Waals surface area contributed by atoms with Gasteiger partial charge >= 0.3 is 0 Å². The van der Waals surface area contributed by atoms with Crippen molar-refractivity contribution >= 4 is 40.7 Å². The van der Waals surface area contributed by atoms with E-state index in [2.05, 4.69) is 21.3 Å². The molecule has 2 atom stereocenters. The molecule has 0 radical (unpaired) electrons. The smallest absolute Gasteiger partial charge is 0.262 e. The minimum absolute atomic E-state index is 0.0646. The average Bonchev–Trinajstić information content (AvgIpc) is 3.79. The van der Waals surface area contributed by atoms with Crippen LogP contribution in [0.1, 0.15) is 49.4 Å². The number of pyridine rings is 2. The Morgan fingerprint density at radius 3 is 2.06 bits per heavy atom. The van der Waals surface area contributed by atoms with E-state index in [1.165, 1.54) is 0 Å². The Morgan fingerprint density at radius 1 is 0.811 bits per heavy atom. The highest BCUT2D eigenvalue weighted by atomic mass is 35.5. The quantitative estimate of drug-likeness (QED) is 0.120. The highest BCUT2D eigenvalue weighted by molar-refractivity contribution is 6.39. The van der Waals surface area contributed by atoms with Crippen molar-refractivity contribution in [3.63, 3.8) is 0 Å². The maximum Gasteiger partial charge on any atom is 0.262 e. The molecule has 3 aromatic heterocycles. The lowest BCUT2D eigenvalue weighted by Crippen LogP contribution is -2.37. The molecule has 274 valence electrons. The fourth-order valence-corrected chi connectivity index (χ4v) is 7.76. The van der Waals surface area contributed by atoms with Crippen LogP contribution in [0.2, 0.25) is 10.0 Å². The summed E-state index contributed by atoms with van der Waals surface area (Å²) in [7, 11) is 1.59. The summed E-state index contributed by atoms with van der Waals surface area (Å²) in [4.78, 5) is 46.4. The van der Waals surface area contributed by atoms with E-state index in [1.807, 2.05) is 67.6 Å². The Hall–Kier alpha value is -4.81. The summed E-state index contributed by atoms with van der Waals surface area (Å²) in [5, 5.41) is 13.7. The van der Waals surface area contributed by atoms with Crippen molar-refractivity contribution in [3.05, 3.63) is 104 Å². The zero-order valence-corrected chi connectivity index (χ0v) is 31.1. The van der Waals surface area contributed by atoms with Crippen LogP contribution in [-0.4, -0.2) is 58.5 Å². The highest BCUT2D eigenvalue weighted by Crippen LogP contribution is 2.42. The summed E-state index contributed by atoms with van der Waals surface area (Å²) in [6.07, 6.45) is 5.05. The van der Waals surface area contributed by atoms with Crippen molar-refractivity contribution in [2.75, 3.05) is 20.2 Å². The number of methoxy groups -OCH3 is 1. The number of nitrogens with zero attached hydrogens (tertiary/aromatic N) is 3. The normalized spacial score (nSPS) is 17.0. The minimum atomic E-state index is -0.126. The van der Waals surface area contributed by atoms with Gasteiger partial charge in [0.05, 0.1) is 34.1 Å². The van der Waals surface area contributed by atoms with E-state index in [4.69, 9.17) is 37.9 Å². The number of ether oxygens (including phenoxy) is 1. The summed E-state index contributed by atoms with van der Waals surface area (Å²) in [5.74, 6) is 0.647. The van der Waals surface area contributed by atoms with Gasteiger partial charge in [-0.05, 0) is 43.0 Å². The van der Waals surface area contributed by atoms with Crippen LogP contribution in [0.15, 0.2) is 71.7 Å². The molecule has 2 fully saturated rings. The van der Waals surface area contributed by atoms with Crippen molar-refractivity contribution in [3.8, 4) is 39.4 Å². The number of rotatable bonds is 13. The molecule has 0 spiro atoms. The van der Waals surface area contributed by atoms with Crippen LogP contribution < -0.4 is 31.6 Å². The van der Waals surface area contributed by atoms with Crippen LogP contribution in [0.25, 0.3) is 39.2 Å². The number of nitrogens with one attached hydrogen (secondary N) is 4. The van der Waals surface area contributed by atoms with Gasteiger partial charge in [0.25, 0.3) is 5.56 Å². The third-order valence-electron chi connectivity index (χ3n) is 9.92. The minimum Gasteiger partial charge on any atom is -0.481 e. The Balaban J connectivity index is 1.13. The molecule has 53 heavy (non-hydrogen) atoms. The van der Waals surface area contributed by atoms with Crippen LogP contribution in [0.5, 0.6) is 5.88 Å². The molecule has 2 saturated heterocycles. The maximum atomic E-state index is 13.6. The molecule has 2 aliphatic heterocycles. The van der Waals surface area contributed by atoms with Gasteiger partial charge in [-0.1, -0.05) is 72.6 Å². The number of benzene rings is 2. The molecule has 2 aliphatic rings. The number of carbonyl (C=O) groups is 2. The van der Waals surface area contributed by atoms with Crippen molar-refractivity contribution in [1.82, 2.24) is 35.6 Å². The number of fused-ring (bicyclic) bond motifs is 1. The van der Waals surface area contributed by atoms with Gasteiger partial charge in [0.15, 0.2) is 0 Å². The van der Waals surface area contributed by atoms with E-state index >= 15 is 0 Å². The van der Waals surface area contributed by atoms with Crippen LogP contribution in [-0.2, 0) is 29.1 Å². The third-order valence-corrected chi connectivity index (χ3v) is 10.7. The molecule has 5 heterocycles. The summed E-state index contributed by atoms with van der Waals surface area (Å²) in [6, 6.07) is 19.4. The SMILES string of the molecule is CCc1nc2cc(-c3cccc(-c4cccc(-c5ccc(CNC[C@@H]6CCC(=O)N6)c(OC)n5)c4Cl)c3Cl)ccn2c(=O)c1CNC[C@@H]1CCC(=O)N1. The van der Waals surface area contributed by atoms with Gasteiger partial charge in [0.1, 0.15) is 5.65 Å². The first-order valence-electron chi connectivity index (χ1n) is 17.9. The lowest BCUT2D eigenvalue weighted by molar-refractivity contribution is -0.120. The van der Waals surface area contributed by atoms with E-state index in [9.17, 15) is 14.4 Å². The van der Waals surface area contributed by atoms with E-state index in [0.29, 0.717) is 78.3 Å². The van der Waals surface area contributed by atoms with Crippen molar-refractivity contribution in [1.29, 1.82) is 0 Å². The van der Waals surface area contributed by atoms with E-state index in [-0.39, 0.29) is 29.5 Å². The van der Waals surface area contributed by atoms with Gasteiger partial charge in [-0.3, -0.25) is 18.8 Å². The fourth-order valence-electron chi connectivity index (χ4n) is 7.10. The van der Waals surface area contributed by atoms with E-state index in [1.54, 1.807) is 17.7 Å². The van der Waals surface area contributed by atoms with Gasteiger partial charge in [0, 0.05) is 85.1 Å². The van der Waals surface area contributed by atoms with Gasteiger partial charge in [-0.15, -0.1) is 0 Å². The van der Waals surface area contributed by atoms with Crippen molar-refractivity contribution < 1.29 is 14.3 Å². The zero-order chi connectivity index (χ0) is 37.1. The second-order valence-electron chi connectivity index (χ2n) is 13.4. The number of halogens is 2. The predicted molar refractivity (Wildman–Crippen MR) is 207 cm³/mol. The topological polar surface area (TPSA) is 139 Å². The molecule has 0 bridgehead atoms. The van der Waals surface area contributed by atoms with E-state index < -0.39 is 0 Å². The number of hydrogen-bond acceptors (Lipinski definition) is 8. The lowest BCUT2D eigenvalue weighted by Gasteiger charge is -2.16. The van der Waals surface area contributed by atoms with Crippen LogP contribution in [0.3, 0.4) is 0 Å². The van der Waals surface area contributed by atoms with Gasteiger partial charge in [-0.25, -0.2) is 9.97 Å². The number of aromatic nitrogens is 3. The number of amides is 2. The molecule has 7 rings (SSSR count). The van der Waals surface area contributed by atoms with Crippen molar-refractivity contribution in [2.24, 2.45) is 0 Å². The second kappa shape index (κ2) is 16.1. The third kappa shape index (κ3) is 7.79.